The van der Waals surface area contributed by atoms with Gasteiger partial charge in [-0.2, -0.15) is 10.1 Å². The number of pyridine rings is 1. The van der Waals surface area contributed by atoms with Gasteiger partial charge < -0.3 is 19.5 Å². The number of rotatable bonds is 6. The Morgan fingerprint density at radius 2 is 2.05 bits per heavy atom. The van der Waals surface area contributed by atoms with Gasteiger partial charge in [0.25, 0.3) is 5.91 Å². The molecule has 0 aromatic carbocycles. The van der Waals surface area contributed by atoms with Gasteiger partial charge in [-0.25, -0.2) is 4.52 Å². The first-order chi connectivity index (χ1) is 18.6. The number of aryl methyl sites for hydroxylation is 1. The van der Waals surface area contributed by atoms with E-state index in [4.69, 9.17) is 9.26 Å². The molecule has 4 aromatic heterocycles. The quantitative estimate of drug-likeness (QED) is 0.364. The second-order valence-electron chi connectivity index (χ2n) is 10.5. The van der Waals surface area contributed by atoms with Crippen LogP contribution < -0.4 is 10.2 Å². The highest BCUT2D eigenvalue weighted by molar-refractivity contribution is 7.16. The van der Waals surface area contributed by atoms with E-state index < -0.39 is 12.5 Å². The molecule has 3 aliphatic rings. The molecule has 204 valence electrons. The number of alkyl halides is 3. The predicted octanol–water partition coefficient (Wildman–Crippen LogP) is 4.63. The van der Waals surface area contributed by atoms with E-state index in [0.717, 1.165) is 36.9 Å². The molecule has 3 fully saturated rings. The summed E-state index contributed by atoms with van der Waals surface area (Å²) in [6.07, 6.45) is -1.81. The molecule has 1 spiro atoms. The van der Waals surface area contributed by atoms with Gasteiger partial charge in [-0.05, 0) is 38.0 Å². The number of ether oxygens (including phenoxy) is 2. The molecule has 1 saturated carbocycles. The number of nitrogens with zero attached hydrogens (tertiary/aromatic N) is 5. The van der Waals surface area contributed by atoms with Gasteiger partial charge in [0.15, 0.2) is 0 Å². The average Bonchev–Trinajstić information content (AvgIpc) is 3.52. The van der Waals surface area contributed by atoms with Crippen molar-refractivity contribution in [3.8, 4) is 10.7 Å². The number of carbonyl (C=O) groups excluding carboxylic acids is 1. The number of hydrogen-bond donors (Lipinski definition) is 1. The van der Waals surface area contributed by atoms with Crippen molar-refractivity contribution in [2.24, 2.45) is 5.41 Å². The lowest BCUT2D eigenvalue weighted by molar-refractivity contribution is -0.352. The summed E-state index contributed by atoms with van der Waals surface area (Å²) in [5.41, 5.74) is 3.09. The van der Waals surface area contributed by atoms with Crippen LogP contribution in [0.2, 0.25) is 0 Å². The zero-order valence-corrected chi connectivity index (χ0v) is 21.5. The molecule has 1 aliphatic carbocycles. The fraction of sp³-hybridized carbons (Fsp3) is 0.440. The SMILES string of the molecule is Cc1sc(-c2noc(C3CC(OC(F)(F)F)C3)n2)cc1NC(=O)c1cnn2ccc(N3CC4(COC4)C3)cc12. The van der Waals surface area contributed by atoms with Crippen LogP contribution in [0.1, 0.15) is 39.9 Å². The smallest absolute Gasteiger partial charge is 0.380 e. The van der Waals surface area contributed by atoms with Crippen molar-refractivity contribution in [1.82, 2.24) is 19.8 Å². The van der Waals surface area contributed by atoms with Gasteiger partial charge in [0.1, 0.15) is 0 Å². The first-order valence-corrected chi connectivity index (χ1v) is 13.3. The topological polar surface area (TPSA) is 107 Å². The number of nitrogens with one attached hydrogen (secondary N) is 1. The monoisotopic (exact) mass is 560 g/mol. The highest BCUT2D eigenvalue weighted by Gasteiger charge is 2.49. The van der Waals surface area contributed by atoms with Crippen LogP contribution in [0.15, 0.2) is 35.1 Å². The number of carbonyl (C=O) groups is 1. The molecule has 0 radical (unpaired) electrons. The van der Waals surface area contributed by atoms with E-state index in [-0.39, 0.29) is 36.0 Å². The summed E-state index contributed by atoms with van der Waals surface area (Å²) in [7, 11) is 0. The summed E-state index contributed by atoms with van der Waals surface area (Å²) in [6.45, 7) is 5.36. The molecule has 39 heavy (non-hydrogen) atoms. The number of fused-ring (bicyclic) bond motifs is 1. The predicted molar refractivity (Wildman–Crippen MR) is 134 cm³/mol. The average molecular weight is 561 g/mol. The van der Waals surface area contributed by atoms with Crippen LogP contribution in [-0.4, -0.2) is 64.4 Å². The van der Waals surface area contributed by atoms with Crippen LogP contribution in [0.25, 0.3) is 16.2 Å². The molecule has 0 bridgehead atoms. The third kappa shape index (κ3) is 4.45. The van der Waals surface area contributed by atoms with Crippen LogP contribution in [0, 0.1) is 12.3 Å². The molecule has 2 aliphatic heterocycles. The number of amides is 1. The Balaban J connectivity index is 1.04. The van der Waals surface area contributed by atoms with E-state index in [2.05, 4.69) is 30.2 Å². The molecule has 0 atom stereocenters. The maximum atomic E-state index is 13.2. The lowest BCUT2D eigenvalue weighted by Gasteiger charge is -2.56. The Labute approximate surface area is 223 Å². The second kappa shape index (κ2) is 8.76. The van der Waals surface area contributed by atoms with Gasteiger partial charge in [0.2, 0.25) is 11.7 Å². The van der Waals surface area contributed by atoms with Crippen molar-refractivity contribution in [2.45, 2.75) is 38.1 Å². The summed E-state index contributed by atoms with van der Waals surface area (Å²) in [5, 5.41) is 11.3. The molecule has 2 saturated heterocycles. The number of anilines is 2. The minimum atomic E-state index is -4.65. The van der Waals surface area contributed by atoms with Gasteiger partial charge in [-0.1, -0.05) is 5.16 Å². The maximum absolute atomic E-state index is 13.2. The van der Waals surface area contributed by atoms with E-state index >= 15 is 0 Å². The van der Waals surface area contributed by atoms with Crippen molar-refractivity contribution in [1.29, 1.82) is 0 Å². The maximum Gasteiger partial charge on any atom is 0.522 e. The molecule has 6 heterocycles. The first-order valence-electron chi connectivity index (χ1n) is 12.5. The van der Waals surface area contributed by atoms with Crippen molar-refractivity contribution < 1.29 is 32.0 Å². The number of hydrogen-bond acceptors (Lipinski definition) is 9. The summed E-state index contributed by atoms with van der Waals surface area (Å²) < 4.78 is 53.5. The fourth-order valence-corrected chi connectivity index (χ4v) is 6.22. The third-order valence-corrected chi connectivity index (χ3v) is 8.60. The molecule has 10 nitrogen and oxygen atoms in total. The summed E-state index contributed by atoms with van der Waals surface area (Å²) in [5.74, 6) is 0.0385. The van der Waals surface area contributed by atoms with Crippen molar-refractivity contribution in [2.75, 3.05) is 36.5 Å². The molecular formula is C25H23F3N6O4S. The highest BCUT2D eigenvalue weighted by Crippen LogP contribution is 2.42. The Morgan fingerprint density at radius 3 is 2.77 bits per heavy atom. The number of aromatic nitrogens is 4. The van der Waals surface area contributed by atoms with E-state index in [0.29, 0.717) is 27.5 Å². The van der Waals surface area contributed by atoms with Gasteiger partial charge in [0, 0.05) is 35.8 Å². The minimum Gasteiger partial charge on any atom is -0.380 e. The summed E-state index contributed by atoms with van der Waals surface area (Å²) >= 11 is 1.38. The minimum absolute atomic E-state index is 0.167. The third-order valence-electron chi connectivity index (χ3n) is 7.56. The zero-order chi connectivity index (χ0) is 26.9. The summed E-state index contributed by atoms with van der Waals surface area (Å²) in [6, 6.07) is 5.74. The van der Waals surface area contributed by atoms with E-state index in [1.54, 1.807) is 16.8 Å². The van der Waals surface area contributed by atoms with Gasteiger partial charge in [-0.15, -0.1) is 24.5 Å². The molecular weight excluding hydrogens is 537 g/mol. The van der Waals surface area contributed by atoms with E-state index in [1.807, 2.05) is 25.3 Å². The van der Waals surface area contributed by atoms with Crippen LogP contribution >= 0.6 is 11.3 Å². The van der Waals surface area contributed by atoms with Crippen LogP contribution in [0.3, 0.4) is 0 Å². The van der Waals surface area contributed by atoms with Crippen LogP contribution in [0.4, 0.5) is 24.5 Å². The molecule has 14 heteroatoms. The number of halogens is 3. The Hall–Kier alpha value is -3.49. The molecule has 7 rings (SSSR count). The molecule has 0 unspecified atom stereocenters. The van der Waals surface area contributed by atoms with Crippen LogP contribution in [-0.2, 0) is 9.47 Å². The first kappa shape index (κ1) is 24.5. The van der Waals surface area contributed by atoms with Gasteiger partial charge in [0.05, 0.1) is 52.6 Å². The van der Waals surface area contributed by atoms with Crippen LogP contribution in [0.5, 0.6) is 0 Å². The van der Waals surface area contributed by atoms with Crippen molar-refractivity contribution >= 4 is 34.1 Å². The van der Waals surface area contributed by atoms with Crippen molar-refractivity contribution in [3.63, 3.8) is 0 Å². The largest absolute Gasteiger partial charge is 0.522 e. The number of thiophene rings is 1. The normalized spacial score (nSPS) is 22.0. The lowest BCUT2D eigenvalue weighted by atomic mass is 9.78. The molecule has 4 aromatic rings. The van der Waals surface area contributed by atoms with Gasteiger partial charge >= 0.3 is 6.36 Å². The van der Waals surface area contributed by atoms with Crippen molar-refractivity contribution in [3.05, 3.63) is 46.9 Å². The Morgan fingerprint density at radius 1 is 1.26 bits per heavy atom. The lowest BCUT2D eigenvalue weighted by Crippen LogP contribution is -2.66. The highest BCUT2D eigenvalue weighted by atomic mass is 32.1. The Kier molecular flexibility index (Phi) is 5.51. The van der Waals surface area contributed by atoms with Gasteiger partial charge in [-0.3, -0.25) is 9.53 Å². The second-order valence-corrected chi connectivity index (χ2v) is 11.7. The Bertz CT molecular complexity index is 1560. The summed E-state index contributed by atoms with van der Waals surface area (Å²) in [4.78, 5) is 21.4. The molecule has 1 N–H and O–H groups in total. The van der Waals surface area contributed by atoms with E-state index in [9.17, 15) is 18.0 Å². The fourth-order valence-electron chi connectivity index (χ4n) is 5.32. The zero-order valence-electron chi connectivity index (χ0n) is 20.7. The standard InChI is InChI=1S/C25H23F3N6O4S/c1-13-18(7-20(39-13)21-31-23(38-32-21)14-4-16(5-14)37-25(26,27)28)30-22(35)17-8-29-34-3-2-15(6-19(17)34)33-9-24(10-33)11-36-12-24/h2-3,6-8,14,16H,4-5,9-12H2,1H3,(H,30,35). The molecule has 1 amide bonds. The van der Waals surface area contributed by atoms with E-state index in [1.165, 1.54) is 11.3 Å².